The molecule has 35 heavy (non-hydrogen) atoms. The van der Waals surface area contributed by atoms with E-state index in [1.165, 1.54) is 27.7 Å². The summed E-state index contributed by atoms with van der Waals surface area (Å²) in [7, 11) is 0. The Kier molecular flexibility index (Phi) is 7.50. The van der Waals surface area contributed by atoms with Gasteiger partial charge in [-0.1, -0.05) is 24.6 Å². The smallest absolute Gasteiger partial charge is 0.312 e. The van der Waals surface area contributed by atoms with Crippen molar-refractivity contribution in [2.75, 3.05) is 0 Å². The van der Waals surface area contributed by atoms with Crippen molar-refractivity contribution >= 4 is 23.9 Å². The molecule has 0 bridgehead atoms. The van der Waals surface area contributed by atoms with Crippen molar-refractivity contribution in [2.24, 2.45) is 17.3 Å². The molecule has 2 fully saturated rings. The topological polar surface area (TPSA) is 125 Å². The van der Waals surface area contributed by atoms with Crippen LogP contribution in [-0.2, 0) is 38.1 Å². The van der Waals surface area contributed by atoms with Gasteiger partial charge < -0.3 is 24.1 Å². The minimum absolute atomic E-state index is 0.376. The van der Waals surface area contributed by atoms with Crippen LogP contribution >= 0.6 is 0 Å². The zero-order valence-corrected chi connectivity index (χ0v) is 21.3. The molecule has 2 aliphatic carbocycles. The minimum Gasteiger partial charge on any atom is -0.462 e. The summed E-state index contributed by atoms with van der Waals surface area (Å²) in [5.41, 5.74) is -1.63. The number of esters is 4. The monoisotopic (exact) mass is 492 g/mol. The Morgan fingerprint density at radius 3 is 2.06 bits per heavy atom. The number of ether oxygens (including phenoxy) is 4. The predicted molar refractivity (Wildman–Crippen MR) is 124 cm³/mol. The van der Waals surface area contributed by atoms with E-state index in [4.69, 9.17) is 18.9 Å². The SMILES string of the molecule is C=C1CC[C@H](OC(C)=O)[C@@]2(C)[C@H]1[C@@H](OC(C)=O)[C@@]1(O)[C@H](C=C(C)CC[C@H]2OC(C)=O)OC(=O)[C@@H]1C. The summed E-state index contributed by atoms with van der Waals surface area (Å²) in [6.07, 6.45) is -0.497. The van der Waals surface area contributed by atoms with Crippen molar-refractivity contribution < 1.29 is 43.2 Å². The maximum absolute atomic E-state index is 12.7. The molecule has 0 aromatic heterocycles. The summed E-state index contributed by atoms with van der Waals surface area (Å²) in [6.45, 7) is 13.2. The second kappa shape index (κ2) is 9.76. The van der Waals surface area contributed by atoms with E-state index >= 15 is 0 Å². The molecule has 3 aliphatic rings. The zero-order valence-electron chi connectivity index (χ0n) is 21.3. The molecule has 1 saturated carbocycles. The molecule has 8 atom stereocenters. The first kappa shape index (κ1) is 26.9. The predicted octanol–water partition coefficient (Wildman–Crippen LogP) is 2.79. The van der Waals surface area contributed by atoms with Crippen LogP contribution in [0.4, 0.5) is 0 Å². The van der Waals surface area contributed by atoms with E-state index in [1.807, 2.05) is 6.92 Å². The van der Waals surface area contributed by atoms with Gasteiger partial charge in [0.1, 0.15) is 18.3 Å². The number of hydrogen-bond donors (Lipinski definition) is 1. The lowest BCUT2D eigenvalue weighted by atomic mass is 9.55. The first-order valence-corrected chi connectivity index (χ1v) is 12.0. The molecule has 0 aromatic rings. The molecule has 9 nitrogen and oxygen atoms in total. The van der Waals surface area contributed by atoms with E-state index < -0.39 is 71.1 Å². The molecule has 0 amide bonds. The zero-order chi connectivity index (χ0) is 26.3. The fourth-order valence-electron chi connectivity index (χ4n) is 6.10. The maximum atomic E-state index is 12.7. The van der Waals surface area contributed by atoms with Crippen LogP contribution < -0.4 is 0 Å². The van der Waals surface area contributed by atoms with Crippen LogP contribution in [0.15, 0.2) is 23.8 Å². The standard InChI is InChI=1S/C26H36O9/c1-13-8-10-19(32-16(4)27)25(7)20(33-17(5)28)11-9-14(2)22(25)23(34-18(6)29)26(31)15(3)24(30)35-21(26)12-13/h12,15,19-23,31H,2,8-11H2,1,3-7H3/t15-,19+,20-,21-,22+,23+,25-,26-/m0/s1. The molecule has 9 heteroatoms. The van der Waals surface area contributed by atoms with Crippen molar-refractivity contribution in [3.8, 4) is 0 Å². The maximum Gasteiger partial charge on any atom is 0.312 e. The van der Waals surface area contributed by atoms with Gasteiger partial charge in [-0.15, -0.1) is 0 Å². The Hall–Kier alpha value is -2.68. The van der Waals surface area contributed by atoms with E-state index in [2.05, 4.69) is 6.58 Å². The van der Waals surface area contributed by atoms with Gasteiger partial charge >= 0.3 is 23.9 Å². The fourth-order valence-corrected chi connectivity index (χ4v) is 6.10. The lowest BCUT2D eigenvalue weighted by Gasteiger charge is -2.55. The summed E-state index contributed by atoms with van der Waals surface area (Å²) in [4.78, 5) is 49.4. The molecule has 1 saturated heterocycles. The van der Waals surface area contributed by atoms with E-state index in [0.29, 0.717) is 31.3 Å². The van der Waals surface area contributed by atoms with Gasteiger partial charge in [0, 0.05) is 26.7 Å². The molecule has 0 spiro atoms. The highest BCUT2D eigenvalue weighted by Gasteiger charge is 2.67. The van der Waals surface area contributed by atoms with Crippen LogP contribution in [0.1, 0.15) is 67.2 Å². The number of allylic oxidation sites excluding steroid dienone is 1. The lowest BCUT2D eigenvalue weighted by Crippen LogP contribution is -2.65. The van der Waals surface area contributed by atoms with Crippen LogP contribution in [0.5, 0.6) is 0 Å². The highest BCUT2D eigenvalue weighted by molar-refractivity contribution is 5.77. The van der Waals surface area contributed by atoms with Gasteiger partial charge in [-0.3, -0.25) is 19.2 Å². The molecule has 0 aromatic carbocycles. The van der Waals surface area contributed by atoms with Crippen molar-refractivity contribution in [1.29, 1.82) is 0 Å². The van der Waals surface area contributed by atoms with Gasteiger partial charge in [0.25, 0.3) is 0 Å². The molecule has 0 unspecified atom stereocenters. The minimum atomic E-state index is -1.94. The quantitative estimate of drug-likeness (QED) is 0.359. The average Bonchev–Trinajstić information content (AvgIpc) is 2.95. The van der Waals surface area contributed by atoms with E-state index in [0.717, 1.165) is 5.57 Å². The highest BCUT2D eigenvalue weighted by Crippen LogP contribution is 2.56. The molecule has 3 rings (SSSR count). The Morgan fingerprint density at radius 2 is 1.54 bits per heavy atom. The molecular formula is C26H36O9. The van der Waals surface area contributed by atoms with Crippen LogP contribution in [0.2, 0.25) is 0 Å². The summed E-state index contributed by atoms with van der Waals surface area (Å²) in [5, 5.41) is 12.2. The van der Waals surface area contributed by atoms with Gasteiger partial charge in [0.2, 0.25) is 0 Å². The third-order valence-corrected chi connectivity index (χ3v) is 7.88. The average molecular weight is 493 g/mol. The van der Waals surface area contributed by atoms with Crippen LogP contribution in [0.3, 0.4) is 0 Å². The van der Waals surface area contributed by atoms with Crippen molar-refractivity contribution in [3.63, 3.8) is 0 Å². The summed E-state index contributed by atoms with van der Waals surface area (Å²) >= 11 is 0. The summed E-state index contributed by atoms with van der Waals surface area (Å²) in [5.74, 6) is -4.15. The number of carbonyl (C=O) groups excluding carboxylic acids is 4. The Bertz CT molecular complexity index is 952. The van der Waals surface area contributed by atoms with E-state index in [-0.39, 0.29) is 0 Å². The van der Waals surface area contributed by atoms with Crippen LogP contribution in [0.25, 0.3) is 0 Å². The van der Waals surface area contributed by atoms with Gasteiger partial charge in [0.15, 0.2) is 11.7 Å². The molecule has 1 aliphatic heterocycles. The second-order valence-electron chi connectivity index (χ2n) is 10.3. The summed E-state index contributed by atoms with van der Waals surface area (Å²) in [6, 6.07) is 0. The van der Waals surface area contributed by atoms with Gasteiger partial charge in [-0.25, -0.2) is 0 Å². The van der Waals surface area contributed by atoms with Crippen LogP contribution in [0, 0.1) is 17.3 Å². The number of aliphatic hydroxyl groups is 1. The second-order valence-corrected chi connectivity index (χ2v) is 10.3. The van der Waals surface area contributed by atoms with Gasteiger partial charge in [-0.05, 0) is 45.6 Å². The molecule has 1 heterocycles. The summed E-state index contributed by atoms with van der Waals surface area (Å²) < 4.78 is 23.0. The van der Waals surface area contributed by atoms with E-state index in [9.17, 15) is 24.3 Å². The molecule has 1 N–H and O–H groups in total. The lowest BCUT2D eigenvalue weighted by molar-refractivity contribution is -0.219. The van der Waals surface area contributed by atoms with Gasteiger partial charge in [-0.2, -0.15) is 0 Å². The highest BCUT2D eigenvalue weighted by atomic mass is 16.6. The third-order valence-electron chi connectivity index (χ3n) is 7.88. The van der Waals surface area contributed by atoms with Gasteiger partial charge in [0.05, 0.1) is 11.3 Å². The van der Waals surface area contributed by atoms with Crippen molar-refractivity contribution in [2.45, 2.75) is 97.2 Å². The number of fused-ring (bicyclic) bond motifs is 2. The largest absolute Gasteiger partial charge is 0.462 e. The molecule has 0 radical (unpaired) electrons. The Labute approximate surface area is 205 Å². The first-order valence-electron chi connectivity index (χ1n) is 12.0. The Morgan fingerprint density at radius 1 is 1.03 bits per heavy atom. The van der Waals surface area contributed by atoms with Crippen LogP contribution in [-0.4, -0.2) is 59.0 Å². The first-order chi connectivity index (χ1) is 16.2. The third kappa shape index (κ3) is 4.75. The number of hydrogen-bond acceptors (Lipinski definition) is 9. The normalized spacial score (nSPS) is 39.3. The fraction of sp³-hybridized carbons (Fsp3) is 0.692. The molecular weight excluding hydrogens is 456 g/mol. The van der Waals surface area contributed by atoms with Crippen molar-refractivity contribution in [1.82, 2.24) is 0 Å². The number of carbonyl (C=O) groups is 4. The van der Waals surface area contributed by atoms with E-state index in [1.54, 1.807) is 13.0 Å². The molecule has 194 valence electrons. The number of rotatable bonds is 3. The Balaban J connectivity index is 2.33. The van der Waals surface area contributed by atoms with Crippen molar-refractivity contribution in [3.05, 3.63) is 23.8 Å².